The van der Waals surface area contributed by atoms with Gasteiger partial charge in [-0.15, -0.1) is 0 Å². The lowest BCUT2D eigenvalue weighted by Gasteiger charge is -2.20. The van der Waals surface area contributed by atoms with Gasteiger partial charge >= 0.3 is 5.97 Å². The third kappa shape index (κ3) is 2.98. The first-order valence-electron chi connectivity index (χ1n) is 4.55. The summed E-state index contributed by atoms with van der Waals surface area (Å²) in [6.45, 7) is 2.29. The van der Waals surface area contributed by atoms with E-state index in [1.165, 1.54) is 6.07 Å². The molecular weight excluding hydrogens is 251 g/mol. The summed E-state index contributed by atoms with van der Waals surface area (Å²) in [5, 5.41) is 7.95. The maximum absolute atomic E-state index is 13.2. The zero-order valence-corrected chi connectivity index (χ0v) is 9.95. The van der Waals surface area contributed by atoms with Crippen LogP contribution in [0.5, 0.6) is 0 Å². The van der Waals surface area contributed by atoms with Crippen LogP contribution in [0.25, 0.3) is 0 Å². The molecule has 0 saturated carbocycles. The Hall–Kier alpha value is -1.54. The Morgan fingerprint density at radius 3 is 2.59 bits per heavy atom. The van der Waals surface area contributed by atoms with Gasteiger partial charge in [-0.25, -0.2) is 17.8 Å². The highest BCUT2D eigenvalue weighted by atomic mass is 32.2. The first-order chi connectivity index (χ1) is 7.67. The Balaban J connectivity index is 3.15. The minimum atomic E-state index is -4.31. The van der Waals surface area contributed by atoms with Crippen molar-refractivity contribution < 1.29 is 22.7 Å². The van der Waals surface area contributed by atoms with Gasteiger partial charge in [0.15, 0.2) is 5.82 Å². The molecule has 1 aromatic rings. The standard InChI is InChI=1S/C9H11FN2O4S/c1-9(2,8(13)14)12-17(15,16)7-6(10)4-3-5-11-7/h3-5,12H,1-2H3,(H,13,14). The summed E-state index contributed by atoms with van der Waals surface area (Å²) in [6, 6.07) is 2.16. The predicted molar refractivity (Wildman–Crippen MR) is 56.2 cm³/mol. The van der Waals surface area contributed by atoms with Gasteiger partial charge < -0.3 is 5.11 Å². The fourth-order valence-electron chi connectivity index (χ4n) is 0.997. The minimum Gasteiger partial charge on any atom is -0.480 e. The molecule has 0 spiro atoms. The maximum atomic E-state index is 13.2. The summed E-state index contributed by atoms with van der Waals surface area (Å²) in [7, 11) is -4.31. The fraction of sp³-hybridized carbons (Fsp3) is 0.333. The average molecular weight is 262 g/mol. The number of sulfonamides is 1. The molecule has 2 N–H and O–H groups in total. The van der Waals surface area contributed by atoms with Gasteiger partial charge in [0.25, 0.3) is 10.0 Å². The van der Waals surface area contributed by atoms with Crippen LogP contribution in [0.3, 0.4) is 0 Å². The Morgan fingerprint density at radius 2 is 2.12 bits per heavy atom. The number of rotatable bonds is 4. The van der Waals surface area contributed by atoms with Gasteiger partial charge in [0.2, 0.25) is 5.03 Å². The number of carbonyl (C=O) groups is 1. The predicted octanol–water partition coefficient (Wildman–Crippen LogP) is 0.362. The van der Waals surface area contributed by atoms with Gasteiger partial charge in [0, 0.05) is 6.20 Å². The van der Waals surface area contributed by atoms with Crippen LogP contribution in [0.2, 0.25) is 0 Å². The van der Waals surface area contributed by atoms with Crippen LogP contribution >= 0.6 is 0 Å². The Bertz CT molecular complexity index is 542. The van der Waals surface area contributed by atoms with E-state index in [2.05, 4.69) is 4.98 Å². The molecule has 0 fully saturated rings. The minimum absolute atomic E-state index is 0.825. The molecule has 0 aliphatic carbocycles. The van der Waals surface area contributed by atoms with E-state index in [9.17, 15) is 17.6 Å². The molecule has 0 aliphatic rings. The zero-order valence-electron chi connectivity index (χ0n) is 9.14. The van der Waals surface area contributed by atoms with Crippen LogP contribution in [-0.2, 0) is 14.8 Å². The average Bonchev–Trinajstić information content (AvgIpc) is 2.16. The molecule has 17 heavy (non-hydrogen) atoms. The third-order valence-corrected chi connectivity index (χ3v) is 3.49. The number of carboxylic acid groups (broad SMARTS) is 1. The van der Waals surface area contributed by atoms with Crippen molar-refractivity contribution >= 4 is 16.0 Å². The molecule has 0 radical (unpaired) electrons. The summed E-state index contributed by atoms with van der Waals surface area (Å²) in [6.07, 6.45) is 1.10. The van der Waals surface area contributed by atoms with E-state index in [1.54, 1.807) is 0 Å². The first-order valence-corrected chi connectivity index (χ1v) is 6.03. The molecule has 0 amide bonds. The lowest BCUT2D eigenvalue weighted by Crippen LogP contribution is -2.49. The maximum Gasteiger partial charge on any atom is 0.324 e. The van der Waals surface area contributed by atoms with Crippen molar-refractivity contribution in [1.82, 2.24) is 9.71 Å². The van der Waals surface area contributed by atoms with Gasteiger partial charge in [-0.05, 0) is 26.0 Å². The second-order valence-electron chi connectivity index (χ2n) is 3.83. The summed E-state index contributed by atoms with van der Waals surface area (Å²) in [5.74, 6) is -2.42. The fourth-order valence-corrected chi connectivity index (χ4v) is 2.38. The molecule has 1 aromatic heterocycles. The molecule has 6 nitrogen and oxygen atoms in total. The largest absolute Gasteiger partial charge is 0.480 e. The number of halogens is 1. The van der Waals surface area contributed by atoms with Crippen molar-refractivity contribution in [3.8, 4) is 0 Å². The molecule has 8 heteroatoms. The van der Waals surface area contributed by atoms with Crippen molar-refractivity contribution in [1.29, 1.82) is 0 Å². The number of aliphatic carboxylic acids is 1. The molecule has 1 heterocycles. The van der Waals surface area contributed by atoms with Gasteiger partial charge in [0.05, 0.1) is 0 Å². The van der Waals surface area contributed by atoms with E-state index in [4.69, 9.17) is 5.11 Å². The first kappa shape index (κ1) is 13.5. The lowest BCUT2D eigenvalue weighted by molar-refractivity contribution is -0.142. The molecular formula is C9H11FN2O4S. The molecule has 0 unspecified atom stereocenters. The molecule has 0 atom stereocenters. The molecule has 0 bridgehead atoms. The molecule has 94 valence electrons. The number of nitrogens with one attached hydrogen (secondary N) is 1. The Morgan fingerprint density at radius 1 is 1.53 bits per heavy atom. The van der Waals surface area contributed by atoms with Crippen LogP contribution in [-0.4, -0.2) is 30.0 Å². The second-order valence-corrected chi connectivity index (χ2v) is 5.42. The van der Waals surface area contributed by atoms with E-state index < -0.39 is 32.4 Å². The molecule has 0 aromatic carbocycles. The van der Waals surface area contributed by atoms with Gasteiger partial charge in [-0.1, -0.05) is 0 Å². The number of hydrogen-bond donors (Lipinski definition) is 2. The monoisotopic (exact) mass is 262 g/mol. The highest BCUT2D eigenvalue weighted by molar-refractivity contribution is 7.89. The van der Waals surface area contributed by atoms with Gasteiger partial charge in [0.1, 0.15) is 5.54 Å². The van der Waals surface area contributed by atoms with Crippen LogP contribution in [0, 0.1) is 5.82 Å². The summed E-state index contributed by atoms with van der Waals surface area (Å²) in [4.78, 5) is 14.1. The van der Waals surface area contributed by atoms with Gasteiger partial charge in [-0.2, -0.15) is 4.72 Å². The summed E-state index contributed by atoms with van der Waals surface area (Å²) in [5.41, 5.74) is -1.75. The number of aromatic nitrogens is 1. The van der Waals surface area contributed by atoms with Crippen molar-refractivity contribution in [2.24, 2.45) is 0 Å². The van der Waals surface area contributed by atoms with Crippen LogP contribution < -0.4 is 4.72 Å². The van der Waals surface area contributed by atoms with E-state index in [-0.39, 0.29) is 0 Å². The highest BCUT2D eigenvalue weighted by Crippen LogP contribution is 2.13. The van der Waals surface area contributed by atoms with E-state index in [0.717, 1.165) is 26.1 Å². The van der Waals surface area contributed by atoms with Crippen molar-refractivity contribution in [2.75, 3.05) is 0 Å². The number of nitrogens with zero attached hydrogens (tertiary/aromatic N) is 1. The molecule has 0 aliphatic heterocycles. The second kappa shape index (κ2) is 4.38. The number of hydrogen-bond acceptors (Lipinski definition) is 4. The lowest BCUT2D eigenvalue weighted by atomic mass is 10.1. The Kier molecular flexibility index (Phi) is 3.48. The zero-order chi connectivity index (χ0) is 13.3. The van der Waals surface area contributed by atoms with E-state index >= 15 is 0 Å². The van der Waals surface area contributed by atoms with Crippen molar-refractivity contribution in [2.45, 2.75) is 24.4 Å². The Labute approximate surface area is 97.5 Å². The summed E-state index contributed by atoms with van der Waals surface area (Å²) >= 11 is 0. The molecule has 1 rings (SSSR count). The van der Waals surface area contributed by atoms with Crippen LogP contribution in [0.15, 0.2) is 23.4 Å². The highest BCUT2D eigenvalue weighted by Gasteiger charge is 2.34. The smallest absolute Gasteiger partial charge is 0.324 e. The number of carboxylic acids is 1. The SMILES string of the molecule is CC(C)(NS(=O)(=O)c1ncccc1F)C(=O)O. The van der Waals surface area contributed by atoms with E-state index in [1.807, 2.05) is 4.72 Å². The summed E-state index contributed by atoms with van der Waals surface area (Å²) < 4.78 is 38.5. The number of pyridine rings is 1. The van der Waals surface area contributed by atoms with Gasteiger partial charge in [-0.3, -0.25) is 4.79 Å². The third-order valence-electron chi connectivity index (χ3n) is 1.90. The quantitative estimate of drug-likeness (QED) is 0.816. The van der Waals surface area contributed by atoms with Crippen molar-refractivity contribution in [3.05, 3.63) is 24.1 Å². The topological polar surface area (TPSA) is 96.4 Å². The van der Waals surface area contributed by atoms with Crippen LogP contribution in [0.4, 0.5) is 4.39 Å². The normalized spacial score (nSPS) is 12.4. The van der Waals surface area contributed by atoms with Crippen LogP contribution in [0.1, 0.15) is 13.8 Å². The molecule has 0 saturated heterocycles. The van der Waals surface area contributed by atoms with Crippen molar-refractivity contribution in [3.63, 3.8) is 0 Å². The van der Waals surface area contributed by atoms with E-state index in [0.29, 0.717) is 0 Å².